The maximum Gasteiger partial charge on any atom is 0.0312 e. The van der Waals surface area contributed by atoms with Gasteiger partial charge in [0.25, 0.3) is 0 Å². The van der Waals surface area contributed by atoms with Crippen LogP contribution in [0.2, 0.25) is 0 Å². The summed E-state index contributed by atoms with van der Waals surface area (Å²) >= 11 is 0. The van der Waals surface area contributed by atoms with E-state index in [0.29, 0.717) is 5.92 Å². The lowest BCUT2D eigenvalue weighted by Gasteiger charge is -2.29. The molecule has 4 aromatic carbocycles. The molecule has 1 heteroatoms. The van der Waals surface area contributed by atoms with Crippen molar-refractivity contribution in [1.82, 2.24) is 0 Å². The fourth-order valence-electron chi connectivity index (χ4n) is 4.92. The van der Waals surface area contributed by atoms with Crippen LogP contribution in [0.5, 0.6) is 0 Å². The summed E-state index contributed by atoms with van der Waals surface area (Å²) in [5.74, 6) is 0.308. The Hall–Kier alpha value is -2.95. The first-order valence-electron chi connectivity index (χ1n) is 11.8. The van der Waals surface area contributed by atoms with Gasteiger partial charge < -0.3 is 0 Å². The lowest BCUT2D eigenvalue weighted by Crippen LogP contribution is -2.26. The summed E-state index contributed by atoms with van der Waals surface area (Å²) in [6.45, 7) is 9.23. The zero-order valence-electron chi connectivity index (χ0n) is 19.9. The van der Waals surface area contributed by atoms with E-state index in [4.69, 9.17) is 0 Å². The number of fused-ring (bicyclic) bond motifs is 1. The lowest BCUT2D eigenvalue weighted by atomic mass is 9.83. The van der Waals surface area contributed by atoms with Crippen LogP contribution in [0.3, 0.4) is 0 Å². The summed E-state index contributed by atoms with van der Waals surface area (Å²) in [6.07, 6.45) is 2.37. The van der Waals surface area contributed by atoms with E-state index in [2.05, 4.69) is 137 Å². The van der Waals surface area contributed by atoms with Crippen LogP contribution in [0.15, 0.2) is 109 Å². The second-order valence-corrected chi connectivity index (χ2v) is 12.2. The molecule has 1 aliphatic carbocycles. The van der Waals surface area contributed by atoms with Crippen LogP contribution in [0, 0.1) is 0 Å². The molecule has 164 valence electrons. The first-order valence-corrected chi connectivity index (χ1v) is 13.1. The van der Waals surface area contributed by atoms with Gasteiger partial charge in [-0.25, -0.2) is 0 Å². The van der Waals surface area contributed by atoms with Crippen molar-refractivity contribution in [2.24, 2.45) is 0 Å². The Labute approximate surface area is 199 Å². The van der Waals surface area contributed by atoms with Crippen molar-refractivity contribution in [3.63, 3.8) is 0 Å². The van der Waals surface area contributed by atoms with Gasteiger partial charge in [-0.2, -0.15) is 0 Å². The average molecular weight is 447 g/mol. The summed E-state index contributed by atoms with van der Waals surface area (Å²) in [4.78, 5) is 0. The highest BCUT2D eigenvalue weighted by atomic mass is 31.1. The zero-order chi connectivity index (χ0) is 23.0. The second kappa shape index (κ2) is 8.77. The van der Waals surface area contributed by atoms with Crippen LogP contribution in [0.25, 0.3) is 6.08 Å². The Kier molecular flexibility index (Phi) is 5.81. The molecule has 1 atom stereocenters. The van der Waals surface area contributed by atoms with Crippen molar-refractivity contribution in [3.8, 4) is 0 Å². The molecule has 0 fully saturated rings. The van der Waals surface area contributed by atoms with Crippen molar-refractivity contribution in [1.29, 1.82) is 0 Å². The van der Waals surface area contributed by atoms with Gasteiger partial charge in [-0.3, -0.25) is 0 Å². The molecular weight excluding hydrogens is 415 g/mol. The highest BCUT2D eigenvalue weighted by molar-refractivity contribution is 7.79. The summed E-state index contributed by atoms with van der Waals surface area (Å²) in [6, 6.07) is 38.3. The first kappa shape index (κ1) is 21.9. The molecule has 0 radical (unpaired) electrons. The molecule has 33 heavy (non-hydrogen) atoms. The molecule has 4 aromatic rings. The van der Waals surface area contributed by atoms with Crippen molar-refractivity contribution in [2.75, 3.05) is 0 Å². The Morgan fingerprint density at radius 3 is 1.82 bits per heavy atom. The van der Waals surface area contributed by atoms with Crippen molar-refractivity contribution in [2.45, 2.75) is 39.0 Å². The van der Waals surface area contributed by atoms with E-state index in [-0.39, 0.29) is 5.41 Å². The van der Waals surface area contributed by atoms with Gasteiger partial charge in [-0.05, 0) is 64.5 Å². The molecule has 0 saturated heterocycles. The van der Waals surface area contributed by atoms with Gasteiger partial charge in [0.05, 0.1) is 0 Å². The third-order valence-electron chi connectivity index (χ3n) is 6.62. The molecule has 0 saturated carbocycles. The molecule has 0 aromatic heterocycles. The minimum atomic E-state index is -0.682. The summed E-state index contributed by atoms with van der Waals surface area (Å²) in [7, 11) is -0.682. The maximum atomic E-state index is 2.51. The van der Waals surface area contributed by atoms with Crippen LogP contribution < -0.4 is 15.9 Å². The van der Waals surface area contributed by atoms with Crippen molar-refractivity contribution < 1.29 is 0 Å². The average Bonchev–Trinajstić information content (AvgIpc) is 3.15. The van der Waals surface area contributed by atoms with E-state index in [1.54, 1.807) is 0 Å². The fraction of sp³-hybridized carbons (Fsp3) is 0.188. The topological polar surface area (TPSA) is 0 Å². The van der Waals surface area contributed by atoms with E-state index < -0.39 is 7.92 Å². The Morgan fingerprint density at radius 1 is 0.636 bits per heavy atom. The molecule has 5 rings (SSSR count). The van der Waals surface area contributed by atoms with Gasteiger partial charge >= 0.3 is 0 Å². The predicted molar refractivity (Wildman–Crippen MR) is 146 cm³/mol. The van der Waals surface area contributed by atoms with Gasteiger partial charge in [-0.1, -0.05) is 129 Å². The summed E-state index contributed by atoms with van der Waals surface area (Å²) in [5.41, 5.74) is 7.15. The van der Waals surface area contributed by atoms with E-state index in [1.165, 1.54) is 43.7 Å². The second-order valence-electron chi connectivity index (χ2n) is 9.98. The highest BCUT2D eigenvalue weighted by Crippen LogP contribution is 2.45. The standard InChI is InChI=1S/C32H31P/c1-23-21-24-13-11-12-18-28(24)31(23)29-20-19-25(32(2,3)4)22-30(29)33(26-14-7-5-8-15-26)27-16-9-6-10-17-27/h5-22,31H,1-4H3. The Bertz CT molecular complexity index is 1250. The van der Waals surface area contributed by atoms with Crippen LogP contribution in [-0.2, 0) is 5.41 Å². The summed E-state index contributed by atoms with van der Waals surface area (Å²) < 4.78 is 0. The number of hydrogen-bond donors (Lipinski definition) is 0. The van der Waals surface area contributed by atoms with Crippen molar-refractivity contribution >= 4 is 29.9 Å². The smallest absolute Gasteiger partial charge is 0.0312 e. The van der Waals surface area contributed by atoms with Crippen LogP contribution >= 0.6 is 7.92 Å². The molecule has 0 heterocycles. The fourth-order valence-corrected chi connectivity index (χ4v) is 7.45. The molecule has 0 N–H and O–H groups in total. The van der Waals surface area contributed by atoms with Gasteiger partial charge in [0.1, 0.15) is 0 Å². The molecular formula is C32H31P. The normalized spacial score (nSPS) is 15.4. The van der Waals surface area contributed by atoms with Crippen LogP contribution in [0.4, 0.5) is 0 Å². The van der Waals surface area contributed by atoms with Crippen LogP contribution in [0.1, 0.15) is 55.9 Å². The molecule has 0 aliphatic heterocycles. The minimum absolute atomic E-state index is 0.0973. The van der Waals surface area contributed by atoms with E-state index in [0.717, 1.165) is 0 Å². The van der Waals surface area contributed by atoms with Gasteiger partial charge in [0, 0.05) is 5.92 Å². The Morgan fingerprint density at radius 2 is 1.21 bits per heavy atom. The predicted octanol–water partition coefficient (Wildman–Crippen LogP) is 7.29. The molecule has 0 nitrogen and oxygen atoms in total. The monoisotopic (exact) mass is 446 g/mol. The van der Waals surface area contributed by atoms with E-state index in [1.807, 2.05) is 0 Å². The van der Waals surface area contributed by atoms with E-state index in [9.17, 15) is 0 Å². The molecule has 1 unspecified atom stereocenters. The number of rotatable bonds is 4. The molecule has 1 aliphatic rings. The van der Waals surface area contributed by atoms with Crippen molar-refractivity contribution in [3.05, 3.63) is 131 Å². The first-order chi connectivity index (χ1) is 15.9. The van der Waals surface area contributed by atoms with Gasteiger partial charge in [0.2, 0.25) is 0 Å². The third-order valence-corrected chi connectivity index (χ3v) is 9.12. The SMILES string of the molecule is CC1=Cc2ccccc2C1c1ccc(C(C)(C)C)cc1P(c1ccccc1)c1ccccc1. The highest BCUT2D eigenvalue weighted by Gasteiger charge is 2.30. The number of allylic oxidation sites excluding steroid dienone is 1. The van der Waals surface area contributed by atoms with E-state index >= 15 is 0 Å². The zero-order valence-corrected chi connectivity index (χ0v) is 20.8. The Balaban J connectivity index is 1.78. The third kappa shape index (κ3) is 4.21. The quantitative estimate of drug-likeness (QED) is 0.289. The number of hydrogen-bond acceptors (Lipinski definition) is 0. The van der Waals surface area contributed by atoms with Crippen LogP contribution in [-0.4, -0.2) is 0 Å². The largest absolute Gasteiger partial charge is 0.0622 e. The van der Waals surface area contributed by atoms with Gasteiger partial charge in [0.15, 0.2) is 0 Å². The molecule has 0 spiro atoms. The molecule has 0 amide bonds. The van der Waals surface area contributed by atoms with Gasteiger partial charge in [-0.15, -0.1) is 0 Å². The maximum absolute atomic E-state index is 2.51. The summed E-state index contributed by atoms with van der Waals surface area (Å²) in [5, 5.41) is 4.28. The minimum Gasteiger partial charge on any atom is -0.0622 e. The lowest BCUT2D eigenvalue weighted by molar-refractivity contribution is 0.590. The molecule has 0 bridgehead atoms. The number of benzene rings is 4.